The summed E-state index contributed by atoms with van der Waals surface area (Å²) in [6.45, 7) is 1.81. The maximum atomic E-state index is 12.8. The van der Waals surface area contributed by atoms with Crippen molar-refractivity contribution in [1.29, 1.82) is 0 Å². The number of rotatable bonds is 2. The summed E-state index contributed by atoms with van der Waals surface area (Å²) in [5.74, 6) is -0.635. The number of halogens is 3. The van der Waals surface area contributed by atoms with Crippen molar-refractivity contribution in [1.82, 2.24) is 20.0 Å². The van der Waals surface area contributed by atoms with Crippen LogP contribution in [0, 0.1) is 0 Å². The molecule has 9 heteroatoms. The third-order valence-electron chi connectivity index (χ3n) is 3.09. The van der Waals surface area contributed by atoms with Crippen LogP contribution in [0.4, 0.5) is 13.2 Å². The number of hydrogen-bond donors (Lipinski definition) is 0. The molecular weight excluding hydrogens is 301 g/mol. The van der Waals surface area contributed by atoms with Crippen molar-refractivity contribution < 1.29 is 22.7 Å². The predicted molar refractivity (Wildman–Crippen MR) is 69.2 cm³/mol. The Kier molecular flexibility index (Phi) is 3.19. The Hall–Kier alpha value is -2.71. The molecule has 0 aliphatic rings. The average molecular weight is 310 g/mol. The Morgan fingerprint density at radius 1 is 1.32 bits per heavy atom. The molecule has 6 nitrogen and oxygen atoms in total. The van der Waals surface area contributed by atoms with E-state index in [2.05, 4.69) is 15.5 Å². The summed E-state index contributed by atoms with van der Waals surface area (Å²) >= 11 is 0. The van der Waals surface area contributed by atoms with Crippen molar-refractivity contribution in [2.45, 2.75) is 13.1 Å². The number of hydrogen-bond acceptors (Lipinski definition) is 5. The van der Waals surface area contributed by atoms with E-state index in [1.54, 1.807) is 6.92 Å². The number of carbonyl (C=O) groups excluding carboxylic acids is 1. The Labute approximate surface area is 121 Å². The van der Waals surface area contributed by atoms with Gasteiger partial charge < -0.3 is 4.74 Å². The van der Waals surface area contributed by atoms with E-state index < -0.39 is 17.7 Å². The van der Waals surface area contributed by atoms with Gasteiger partial charge in [-0.1, -0.05) is 6.07 Å². The second-order valence-electron chi connectivity index (χ2n) is 4.46. The van der Waals surface area contributed by atoms with Crippen LogP contribution in [-0.2, 0) is 10.9 Å². The minimum absolute atomic E-state index is 0.0466. The van der Waals surface area contributed by atoms with Crippen LogP contribution in [0.5, 0.6) is 0 Å². The number of nitrogens with zero attached hydrogens (tertiary/aromatic N) is 4. The summed E-state index contributed by atoms with van der Waals surface area (Å²) in [6, 6.07) is 4.56. The van der Waals surface area contributed by atoms with E-state index in [4.69, 9.17) is 4.74 Å². The van der Waals surface area contributed by atoms with Gasteiger partial charge >= 0.3 is 12.1 Å². The Balaban J connectivity index is 2.30. The van der Waals surface area contributed by atoms with Crippen molar-refractivity contribution in [3.05, 3.63) is 35.4 Å². The van der Waals surface area contributed by atoms with Gasteiger partial charge in [0.25, 0.3) is 0 Å². The Morgan fingerprint density at radius 2 is 2.09 bits per heavy atom. The summed E-state index contributed by atoms with van der Waals surface area (Å²) in [7, 11) is 0. The summed E-state index contributed by atoms with van der Waals surface area (Å²) in [5, 5.41) is 11.2. The molecule has 0 bridgehead atoms. The number of benzene rings is 1. The predicted octanol–water partition coefficient (Wildman–Crippen LogP) is 2.47. The first kappa shape index (κ1) is 14.2. The van der Waals surface area contributed by atoms with Crippen molar-refractivity contribution in [3.63, 3.8) is 0 Å². The van der Waals surface area contributed by atoms with Gasteiger partial charge in [0, 0.05) is 5.39 Å². The van der Waals surface area contributed by atoms with Crippen molar-refractivity contribution in [2.75, 3.05) is 6.61 Å². The van der Waals surface area contributed by atoms with Gasteiger partial charge in [-0.3, -0.25) is 0 Å². The van der Waals surface area contributed by atoms with Crippen LogP contribution in [0.1, 0.15) is 22.8 Å². The first-order chi connectivity index (χ1) is 10.4. The molecule has 1 aromatic carbocycles. The fourth-order valence-corrected chi connectivity index (χ4v) is 2.12. The lowest BCUT2D eigenvalue weighted by molar-refractivity contribution is -0.137. The molecular formula is C13H9F3N4O2. The lowest BCUT2D eigenvalue weighted by Crippen LogP contribution is -2.09. The zero-order valence-electron chi connectivity index (χ0n) is 11.3. The van der Waals surface area contributed by atoms with Crippen molar-refractivity contribution in [2.24, 2.45) is 0 Å². The van der Waals surface area contributed by atoms with E-state index in [-0.39, 0.29) is 23.3 Å². The monoisotopic (exact) mass is 310 g/mol. The molecule has 0 amide bonds. The van der Waals surface area contributed by atoms with E-state index in [9.17, 15) is 18.0 Å². The molecule has 0 atom stereocenters. The van der Waals surface area contributed by atoms with E-state index in [0.29, 0.717) is 5.39 Å². The molecule has 0 fully saturated rings. The van der Waals surface area contributed by atoms with E-state index in [1.165, 1.54) is 12.1 Å². The zero-order valence-corrected chi connectivity index (χ0v) is 11.3. The number of aromatic nitrogens is 4. The second kappa shape index (κ2) is 4.93. The van der Waals surface area contributed by atoms with Crippen molar-refractivity contribution >= 4 is 22.5 Å². The van der Waals surface area contributed by atoms with Gasteiger partial charge in [0.05, 0.1) is 17.7 Å². The van der Waals surface area contributed by atoms with E-state index in [0.717, 1.165) is 16.6 Å². The van der Waals surface area contributed by atoms with Gasteiger partial charge in [-0.05, 0) is 35.5 Å². The van der Waals surface area contributed by atoms with Gasteiger partial charge in [0.15, 0.2) is 5.65 Å². The number of ether oxygens (including phenoxy) is 1. The van der Waals surface area contributed by atoms with Gasteiger partial charge in [0.1, 0.15) is 5.56 Å². The fraction of sp³-hybridized carbons (Fsp3) is 0.231. The molecule has 0 N–H and O–H groups in total. The van der Waals surface area contributed by atoms with Crippen LogP contribution < -0.4 is 0 Å². The van der Waals surface area contributed by atoms with E-state index >= 15 is 0 Å². The second-order valence-corrected chi connectivity index (χ2v) is 4.46. The number of alkyl halides is 3. The summed E-state index contributed by atoms with van der Waals surface area (Å²) in [4.78, 5) is 11.9. The third kappa shape index (κ3) is 2.24. The highest BCUT2D eigenvalue weighted by Gasteiger charge is 2.31. The molecule has 0 aliphatic heterocycles. The molecule has 0 saturated carbocycles. The maximum Gasteiger partial charge on any atom is 0.416 e. The normalized spacial score (nSPS) is 12.0. The van der Waals surface area contributed by atoms with Crippen LogP contribution in [0.15, 0.2) is 24.3 Å². The smallest absolute Gasteiger partial charge is 0.416 e. The number of pyridine rings is 1. The molecule has 3 rings (SSSR count). The minimum Gasteiger partial charge on any atom is -0.462 e. The SMILES string of the molecule is CCOC(=O)c1cc2ccc(C(F)(F)F)cc2n2nnnc12. The van der Waals surface area contributed by atoms with Gasteiger partial charge in [-0.15, -0.1) is 5.10 Å². The lowest BCUT2D eigenvalue weighted by Gasteiger charge is -2.09. The van der Waals surface area contributed by atoms with Gasteiger partial charge in [-0.25, -0.2) is 4.79 Å². The van der Waals surface area contributed by atoms with Crippen molar-refractivity contribution in [3.8, 4) is 0 Å². The van der Waals surface area contributed by atoms with Crippen LogP contribution >= 0.6 is 0 Å². The molecule has 0 radical (unpaired) electrons. The van der Waals surface area contributed by atoms with Gasteiger partial charge in [0.2, 0.25) is 0 Å². The fourth-order valence-electron chi connectivity index (χ4n) is 2.12. The number of tetrazole rings is 1. The van der Waals surface area contributed by atoms with Gasteiger partial charge in [-0.2, -0.15) is 17.7 Å². The standard InChI is InChI=1S/C13H9F3N4O2/c1-2-22-12(21)9-5-7-3-4-8(13(14,15)16)6-10(7)20-11(9)17-18-19-20/h3-6H,2H2,1H3. The molecule has 114 valence electrons. The maximum absolute atomic E-state index is 12.8. The summed E-state index contributed by atoms with van der Waals surface area (Å²) in [6.07, 6.45) is -4.48. The molecule has 3 aromatic rings. The highest BCUT2D eigenvalue weighted by atomic mass is 19.4. The largest absolute Gasteiger partial charge is 0.462 e. The Bertz CT molecular complexity index is 873. The topological polar surface area (TPSA) is 69.4 Å². The third-order valence-corrected chi connectivity index (χ3v) is 3.09. The zero-order chi connectivity index (χ0) is 15.9. The van der Waals surface area contributed by atoms with Crippen LogP contribution in [0.25, 0.3) is 16.6 Å². The number of esters is 1. The van der Waals surface area contributed by atoms with E-state index in [1.807, 2.05) is 0 Å². The molecule has 2 heterocycles. The average Bonchev–Trinajstić information content (AvgIpc) is 2.94. The lowest BCUT2D eigenvalue weighted by atomic mass is 10.1. The Morgan fingerprint density at radius 3 is 2.77 bits per heavy atom. The molecule has 2 aromatic heterocycles. The highest BCUT2D eigenvalue weighted by Crippen LogP contribution is 2.32. The molecule has 0 spiro atoms. The highest BCUT2D eigenvalue weighted by molar-refractivity contribution is 6.00. The van der Waals surface area contributed by atoms with Crippen LogP contribution in [0.3, 0.4) is 0 Å². The summed E-state index contributed by atoms with van der Waals surface area (Å²) < 4.78 is 44.4. The molecule has 22 heavy (non-hydrogen) atoms. The quantitative estimate of drug-likeness (QED) is 0.680. The molecule has 0 unspecified atom stereocenters. The summed E-state index contributed by atoms with van der Waals surface area (Å²) in [5.41, 5.74) is -0.520. The number of carbonyl (C=O) groups is 1. The van der Waals surface area contributed by atoms with Crippen LogP contribution in [0.2, 0.25) is 0 Å². The number of fused-ring (bicyclic) bond motifs is 3. The minimum atomic E-state index is -4.48. The molecule has 0 aliphatic carbocycles. The van der Waals surface area contributed by atoms with Crippen LogP contribution in [-0.4, -0.2) is 32.6 Å². The first-order valence-electron chi connectivity index (χ1n) is 6.31. The molecule has 0 saturated heterocycles. The first-order valence-corrected chi connectivity index (χ1v) is 6.31.